The van der Waals surface area contributed by atoms with Crippen LogP contribution in [0.25, 0.3) is 0 Å². The van der Waals surface area contributed by atoms with Gasteiger partial charge in [0.05, 0.1) is 9.37 Å². The second kappa shape index (κ2) is 5.90. The molecule has 1 rings (SSSR count). The monoisotopic (exact) mass is 324 g/mol. The summed E-state index contributed by atoms with van der Waals surface area (Å²) in [6, 6.07) is 3.70. The Bertz CT molecular complexity index is 493. The summed E-state index contributed by atoms with van der Waals surface area (Å²) in [6.45, 7) is 2.08. The Kier molecular flexibility index (Phi) is 5.05. The zero-order valence-electron chi connectivity index (χ0n) is 9.50. The van der Waals surface area contributed by atoms with Gasteiger partial charge in [0.15, 0.2) is 0 Å². The van der Waals surface area contributed by atoms with Crippen molar-refractivity contribution in [2.45, 2.75) is 17.9 Å². The minimum absolute atomic E-state index is 0.00469. The van der Waals surface area contributed by atoms with Crippen LogP contribution >= 0.6 is 15.9 Å². The van der Waals surface area contributed by atoms with Crippen LogP contribution in [0, 0.1) is 5.82 Å². The van der Waals surface area contributed by atoms with E-state index in [1.54, 1.807) is 7.05 Å². The van der Waals surface area contributed by atoms with E-state index < -0.39 is 15.8 Å². The molecule has 0 saturated carbocycles. The Hall–Kier alpha value is -0.500. The van der Waals surface area contributed by atoms with Crippen LogP contribution in [-0.4, -0.2) is 28.1 Å². The number of likely N-dealkylation sites (N-methyl/N-ethyl adjacent to an activating group) is 1. The predicted molar refractivity (Wildman–Crippen MR) is 67.8 cm³/mol. The van der Waals surface area contributed by atoms with Gasteiger partial charge >= 0.3 is 0 Å². The molecule has 0 fully saturated rings. The maximum atomic E-state index is 13.2. The lowest BCUT2D eigenvalue weighted by Gasteiger charge is -2.12. The molecule has 0 aliphatic carbocycles. The first-order valence-corrected chi connectivity index (χ1v) is 7.26. The van der Waals surface area contributed by atoms with Crippen molar-refractivity contribution in [3.63, 3.8) is 0 Å². The van der Waals surface area contributed by atoms with Gasteiger partial charge in [-0.25, -0.2) is 17.5 Å². The number of rotatable bonds is 5. The summed E-state index contributed by atoms with van der Waals surface area (Å²) < 4.78 is 39.5. The van der Waals surface area contributed by atoms with Crippen LogP contribution in [0.3, 0.4) is 0 Å². The van der Waals surface area contributed by atoms with E-state index in [0.717, 1.165) is 6.07 Å². The van der Waals surface area contributed by atoms with E-state index in [9.17, 15) is 12.8 Å². The SMILES string of the molecule is CNC(C)CNS(=O)(=O)c1ccc(Br)c(F)c1. The number of hydrogen-bond donors (Lipinski definition) is 2. The average Bonchev–Trinajstić information content (AvgIpc) is 2.29. The fraction of sp³-hybridized carbons (Fsp3) is 0.400. The molecule has 0 heterocycles. The first kappa shape index (κ1) is 14.6. The molecule has 1 unspecified atom stereocenters. The zero-order chi connectivity index (χ0) is 13.1. The molecule has 96 valence electrons. The first-order valence-electron chi connectivity index (χ1n) is 4.99. The molecule has 2 N–H and O–H groups in total. The van der Waals surface area contributed by atoms with Crippen molar-refractivity contribution in [3.05, 3.63) is 28.5 Å². The minimum atomic E-state index is -3.66. The smallest absolute Gasteiger partial charge is 0.240 e. The highest BCUT2D eigenvalue weighted by Gasteiger charge is 2.16. The van der Waals surface area contributed by atoms with Gasteiger partial charge in [0, 0.05) is 12.6 Å². The minimum Gasteiger partial charge on any atom is -0.316 e. The highest BCUT2D eigenvalue weighted by atomic mass is 79.9. The van der Waals surface area contributed by atoms with Crippen molar-refractivity contribution in [3.8, 4) is 0 Å². The molecular weight excluding hydrogens is 311 g/mol. The third kappa shape index (κ3) is 4.02. The van der Waals surface area contributed by atoms with Crippen molar-refractivity contribution in [1.82, 2.24) is 10.0 Å². The molecule has 1 atom stereocenters. The number of sulfonamides is 1. The molecular formula is C10H14BrFN2O2S. The zero-order valence-corrected chi connectivity index (χ0v) is 11.9. The van der Waals surface area contributed by atoms with E-state index in [4.69, 9.17) is 0 Å². The Morgan fingerprint density at radius 3 is 2.65 bits per heavy atom. The van der Waals surface area contributed by atoms with Gasteiger partial charge in [0.25, 0.3) is 0 Å². The lowest BCUT2D eigenvalue weighted by Crippen LogP contribution is -2.37. The van der Waals surface area contributed by atoms with Gasteiger partial charge in [-0.05, 0) is 48.1 Å². The van der Waals surface area contributed by atoms with Crippen molar-refractivity contribution in [1.29, 1.82) is 0 Å². The highest BCUT2D eigenvalue weighted by molar-refractivity contribution is 9.10. The summed E-state index contributed by atoms with van der Waals surface area (Å²) in [6.07, 6.45) is 0. The molecule has 0 aromatic heterocycles. The Morgan fingerprint density at radius 1 is 1.47 bits per heavy atom. The Labute approximate surface area is 109 Å². The van der Waals surface area contributed by atoms with Crippen molar-refractivity contribution < 1.29 is 12.8 Å². The third-order valence-corrected chi connectivity index (χ3v) is 4.34. The maximum absolute atomic E-state index is 13.2. The highest BCUT2D eigenvalue weighted by Crippen LogP contribution is 2.19. The second-order valence-electron chi connectivity index (χ2n) is 3.62. The van der Waals surface area contributed by atoms with Crippen molar-refractivity contribution in [2.75, 3.05) is 13.6 Å². The van der Waals surface area contributed by atoms with E-state index in [1.807, 2.05) is 6.92 Å². The van der Waals surface area contributed by atoms with Crippen molar-refractivity contribution >= 4 is 26.0 Å². The van der Waals surface area contributed by atoms with E-state index >= 15 is 0 Å². The van der Waals surface area contributed by atoms with Crippen LogP contribution in [-0.2, 0) is 10.0 Å². The molecule has 0 aliphatic heterocycles. The van der Waals surface area contributed by atoms with Gasteiger partial charge < -0.3 is 5.32 Å². The lowest BCUT2D eigenvalue weighted by molar-refractivity contribution is 0.552. The molecule has 0 radical (unpaired) electrons. The van der Waals surface area contributed by atoms with Gasteiger partial charge in [0.2, 0.25) is 10.0 Å². The summed E-state index contributed by atoms with van der Waals surface area (Å²) >= 11 is 2.97. The molecule has 7 heteroatoms. The molecule has 1 aromatic rings. The fourth-order valence-electron chi connectivity index (χ4n) is 1.06. The Balaban J connectivity index is 2.86. The van der Waals surface area contributed by atoms with Gasteiger partial charge in [-0.2, -0.15) is 0 Å². The fourth-order valence-corrected chi connectivity index (χ4v) is 2.45. The normalized spacial score (nSPS) is 13.6. The Morgan fingerprint density at radius 2 is 2.12 bits per heavy atom. The van der Waals surface area contributed by atoms with Gasteiger partial charge in [0.1, 0.15) is 5.82 Å². The second-order valence-corrected chi connectivity index (χ2v) is 6.24. The van der Waals surface area contributed by atoms with Crippen LogP contribution in [0.5, 0.6) is 0 Å². The topological polar surface area (TPSA) is 58.2 Å². The summed E-state index contributed by atoms with van der Waals surface area (Å²) in [7, 11) is -1.92. The molecule has 0 amide bonds. The number of hydrogen-bond acceptors (Lipinski definition) is 3. The van der Waals surface area contributed by atoms with Crippen LogP contribution in [0.15, 0.2) is 27.6 Å². The maximum Gasteiger partial charge on any atom is 0.240 e. The van der Waals surface area contributed by atoms with Gasteiger partial charge in [-0.1, -0.05) is 0 Å². The number of nitrogens with one attached hydrogen (secondary N) is 2. The number of halogens is 2. The standard InChI is InChI=1S/C10H14BrFN2O2S/c1-7(13-2)6-14-17(15,16)8-3-4-9(11)10(12)5-8/h3-5,7,13-14H,6H2,1-2H3. The molecule has 1 aromatic carbocycles. The van der Waals surface area contributed by atoms with E-state index in [-0.39, 0.29) is 22.0 Å². The first-order chi connectivity index (χ1) is 7.86. The molecule has 0 saturated heterocycles. The average molecular weight is 325 g/mol. The summed E-state index contributed by atoms with van der Waals surface area (Å²) in [5, 5.41) is 2.90. The van der Waals surface area contributed by atoms with Crippen LogP contribution in [0.4, 0.5) is 4.39 Å². The largest absolute Gasteiger partial charge is 0.316 e. The van der Waals surface area contributed by atoms with E-state index in [2.05, 4.69) is 26.0 Å². The van der Waals surface area contributed by atoms with E-state index in [0.29, 0.717) is 0 Å². The van der Waals surface area contributed by atoms with Crippen molar-refractivity contribution in [2.24, 2.45) is 0 Å². The van der Waals surface area contributed by atoms with E-state index in [1.165, 1.54) is 12.1 Å². The van der Waals surface area contributed by atoms with Gasteiger partial charge in [-0.15, -0.1) is 0 Å². The van der Waals surface area contributed by atoms with Crippen LogP contribution in [0.1, 0.15) is 6.92 Å². The number of benzene rings is 1. The molecule has 0 spiro atoms. The summed E-state index contributed by atoms with van der Waals surface area (Å²) in [5.41, 5.74) is 0. The predicted octanol–water partition coefficient (Wildman–Crippen LogP) is 1.47. The molecule has 0 bridgehead atoms. The quantitative estimate of drug-likeness (QED) is 0.862. The molecule has 0 aliphatic rings. The van der Waals surface area contributed by atoms with Crippen LogP contribution in [0.2, 0.25) is 0 Å². The van der Waals surface area contributed by atoms with Crippen LogP contribution < -0.4 is 10.0 Å². The summed E-state index contributed by atoms with van der Waals surface area (Å²) in [4.78, 5) is -0.0819. The molecule has 4 nitrogen and oxygen atoms in total. The third-order valence-electron chi connectivity index (χ3n) is 2.27. The lowest BCUT2D eigenvalue weighted by atomic mass is 10.3. The van der Waals surface area contributed by atoms with Gasteiger partial charge in [-0.3, -0.25) is 0 Å². The molecule has 17 heavy (non-hydrogen) atoms. The summed E-state index contributed by atoms with van der Waals surface area (Å²) in [5.74, 6) is -0.602.